The van der Waals surface area contributed by atoms with Gasteiger partial charge in [-0.15, -0.1) is 0 Å². The summed E-state index contributed by atoms with van der Waals surface area (Å²) in [6, 6.07) is 1.72. The predicted octanol–water partition coefficient (Wildman–Crippen LogP) is 4.38. The molecule has 1 aromatic rings. The van der Waals surface area contributed by atoms with Gasteiger partial charge in [0.1, 0.15) is 5.82 Å². The van der Waals surface area contributed by atoms with E-state index < -0.39 is 35.1 Å². The predicted molar refractivity (Wildman–Crippen MR) is 56.0 cm³/mol. The topological polar surface area (TPSA) is 12.0 Å². The minimum Gasteiger partial charge on any atom is -0.388 e. The van der Waals surface area contributed by atoms with Crippen molar-refractivity contribution in [3.8, 4) is 0 Å². The highest BCUT2D eigenvalue weighted by Gasteiger charge is 2.36. The SMILES string of the molecule is C=C(c1ccc(NC)c(C(F)F)c1F)C(F)(F)F. The highest BCUT2D eigenvalue weighted by atomic mass is 19.4. The summed E-state index contributed by atoms with van der Waals surface area (Å²) in [5, 5.41) is 2.29. The smallest absolute Gasteiger partial charge is 0.388 e. The molecule has 0 aliphatic heterocycles. The zero-order chi connectivity index (χ0) is 14.1. The van der Waals surface area contributed by atoms with Crippen molar-refractivity contribution in [3.05, 3.63) is 35.7 Å². The molecule has 1 rings (SSSR count). The van der Waals surface area contributed by atoms with Crippen molar-refractivity contribution in [1.29, 1.82) is 0 Å². The summed E-state index contributed by atoms with van der Waals surface area (Å²) in [6.07, 6.45) is -8.10. The molecule has 0 bridgehead atoms. The fourth-order valence-corrected chi connectivity index (χ4v) is 1.41. The molecular formula is C11H9F6N. The molecule has 0 saturated carbocycles. The number of anilines is 1. The van der Waals surface area contributed by atoms with Gasteiger partial charge in [-0.2, -0.15) is 13.2 Å². The molecular weight excluding hydrogens is 260 g/mol. The Morgan fingerprint density at radius 3 is 2.22 bits per heavy atom. The van der Waals surface area contributed by atoms with Crippen LogP contribution in [0.4, 0.5) is 32.0 Å². The van der Waals surface area contributed by atoms with Crippen molar-refractivity contribution in [3.63, 3.8) is 0 Å². The van der Waals surface area contributed by atoms with Gasteiger partial charge in [0.05, 0.1) is 11.1 Å². The first kappa shape index (κ1) is 14.4. The Kier molecular flexibility index (Phi) is 3.93. The molecule has 100 valence electrons. The number of halogens is 6. The fraction of sp³-hybridized carbons (Fsp3) is 0.273. The lowest BCUT2D eigenvalue weighted by atomic mass is 10.0. The molecule has 1 aromatic carbocycles. The third-order valence-corrected chi connectivity index (χ3v) is 2.33. The number of rotatable bonds is 3. The van der Waals surface area contributed by atoms with E-state index in [1.165, 1.54) is 7.05 Å². The first-order chi connectivity index (χ1) is 8.20. The van der Waals surface area contributed by atoms with E-state index in [1.807, 2.05) is 0 Å². The lowest BCUT2D eigenvalue weighted by Crippen LogP contribution is -2.12. The Morgan fingerprint density at radius 1 is 1.28 bits per heavy atom. The Balaban J connectivity index is 3.42. The fourth-order valence-electron chi connectivity index (χ4n) is 1.41. The molecule has 7 heteroatoms. The lowest BCUT2D eigenvalue weighted by molar-refractivity contribution is -0.0689. The van der Waals surface area contributed by atoms with Crippen LogP contribution in [-0.2, 0) is 0 Å². The van der Waals surface area contributed by atoms with Crippen LogP contribution in [0.25, 0.3) is 5.57 Å². The Hall–Kier alpha value is -1.66. The monoisotopic (exact) mass is 269 g/mol. The number of alkyl halides is 5. The van der Waals surface area contributed by atoms with Crippen LogP contribution in [0, 0.1) is 5.82 Å². The van der Waals surface area contributed by atoms with Crippen LogP contribution in [-0.4, -0.2) is 13.2 Å². The number of benzene rings is 1. The molecule has 0 fully saturated rings. The second kappa shape index (κ2) is 4.91. The number of nitrogens with one attached hydrogen (secondary N) is 1. The lowest BCUT2D eigenvalue weighted by Gasteiger charge is -2.16. The van der Waals surface area contributed by atoms with Crippen molar-refractivity contribution in [1.82, 2.24) is 0 Å². The van der Waals surface area contributed by atoms with Crippen LogP contribution in [0.3, 0.4) is 0 Å². The van der Waals surface area contributed by atoms with Crippen molar-refractivity contribution in [2.75, 3.05) is 12.4 Å². The Bertz CT molecular complexity index is 463. The van der Waals surface area contributed by atoms with Crippen LogP contribution in [0.1, 0.15) is 17.6 Å². The number of hydrogen-bond acceptors (Lipinski definition) is 1. The van der Waals surface area contributed by atoms with Gasteiger partial charge in [-0.25, -0.2) is 13.2 Å². The average molecular weight is 269 g/mol. The highest BCUT2D eigenvalue weighted by molar-refractivity contribution is 5.71. The molecule has 0 atom stereocenters. The van der Waals surface area contributed by atoms with E-state index in [1.54, 1.807) is 0 Å². The molecule has 0 spiro atoms. The van der Waals surface area contributed by atoms with Crippen molar-refractivity contribution in [2.24, 2.45) is 0 Å². The van der Waals surface area contributed by atoms with Crippen LogP contribution < -0.4 is 5.32 Å². The Labute approximate surface area is 99.1 Å². The average Bonchev–Trinajstić information content (AvgIpc) is 2.25. The maximum Gasteiger partial charge on any atom is 0.416 e. The summed E-state index contributed by atoms with van der Waals surface area (Å²) in [5.74, 6) is -1.61. The van der Waals surface area contributed by atoms with Gasteiger partial charge >= 0.3 is 6.18 Å². The standard InChI is InChI=1S/C11H9F6N/c1-5(11(15,16)17)6-3-4-7(18-2)8(9(6)12)10(13)14/h3-4,10,18H,1H2,2H3. The second-order valence-corrected chi connectivity index (χ2v) is 3.42. The summed E-state index contributed by atoms with van der Waals surface area (Å²) in [5.41, 5.74) is -3.83. The Morgan fingerprint density at radius 2 is 1.83 bits per heavy atom. The number of hydrogen-bond donors (Lipinski definition) is 1. The quantitative estimate of drug-likeness (QED) is 0.803. The minimum atomic E-state index is -4.87. The molecule has 0 radical (unpaired) electrons. The molecule has 0 aromatic heterocycles. The third kappa shape index (κ3) is 2.60. The van der Waals surface area contributed by atoms with Crippen LogP contribution in [0.15, 0.2) is 18.7 Å². The molecule has 0 unspecified atom stereocenters. The largest absolute Gasteiger partial charge is 0.416 e. The van der Waals surface area contributed by atoms with Crippen LogP contribution >= 0.6 is 0 Å². The van der Waals surface area contributed by atoms with E-state index in [-0.39, 0.29) is 5.69 Å². The summed E-state index contributed by atoms with van der Waals surface area (Å²) in [4.78, 5) is 0. The molecule has 0 aliphatic carbocycles. The first-order valence-electron chi connectivity index (χ1n) is 4.75. The molecule has 0 heterocycles. The van der Waals surface area contributed by atoms with Crippen LogP contribution in [0.5, 0.6) is 0 Å². The maximum absolute atomic E-state index is 13.7. The molecule has 0 aliphatic rings. The number of allylic oxidation sites excluding steroid dienone is 1. The van der Waals surface area contributed by atoms with Crippen molar-refractivity contribution in [2.45, 2.75) is 12.6 Å². The zero-order valence-corrected chi connectivity index (χ0v) is 9.21. The van der Waals surface area contributed by atoms with E-state index >= 15 is 0 Å². The molecule has 0 saturated heterocycles. The molecule has 1 N–H and O–H groups in total. The third-order valence-electron chi connectivity index (χ3n) is 2.33. The zero-order valence-electron chi connectivity index (χ0n) is 9.21. The van der Waals surface area contributed by atoms with E-state index in [2.05, 4.69) is 11.9 Å². The van der Waals surface area contributed by atoms with Gasteiger partial charge in [0.15, 0.2) is 0 Å². The van der Waals surface area contributed by atoms with Crippen molar-refractivity contribution < 1.29 is 26.3 Å². The second-order valence-electron chi connectivity index (χ2n) is 3.42. The van der Waals surface area contributed by atoms with E-state index in [4.69, 9.17) is 0 Å². The molecule has 0 amide bonds. The van der Waals surface area contributed by atoms with Crippen molar-refractivity contribution >= 4 is 11.3 Å². The molecule has 18 heavy (non-hydrogen) atoms. The van der Waals surface area contributed by atoms with Gasteiger partial charge in [-0.1, -0.05) is 6.58 Å². The van der Waals surface area contributed by atoms with Gasteiger partial charge < -0.3 is 5.32 Å². The van der Waals surface area contributed by atoms with Crippen LogP contribution in [0.2, 0.25) is 0 Å². The summed E-state index contributed by atoms with van der Waals surface area (Å²) >= 11 is 0. The van der Waals surface area contributed by atoms with Gasteiger partial charge in [0, 0.05) is 18.3 Å². The van der Waals surface area contributed by atoms with E-state index in [9.17, 15) is 26.3 Å². The minimum absolute atomic E-state index is 0.263. The summed E-state index contributed by atoms with van der Waals surface area (Å²) < 4.78 is 76.0. The summed E-state index contributed by atoms with van der Waals surface area (Å²) in [6.45, 7) is 2.68. The molecule has 1 nitrogen and oxygen atoms in total. The summed E-state index contributed by atoms with van der Waals surface area (Å²) in [7, 11) is 1.26. The van der Waals surface area contributed by atoms with Gasteiger partial charge in [-0.3, -0.25) is 0 Å². The van der Waals surface area contributed by atoms with E-state index in [0.717, 1.165) is 12.1 Å². The first-order valence-corrected chi connectivity index (χ1v) is 4.75. The van der Waals surface area contributed by atoms with Gasteiger partial charge in [-0.05, 0) is 12.1 Å². The normalized spacial score (nSPS) is 11.8. The van der Waals surface area contributed by atoms with Gasteiger partial charge in [0.2, 0.25) is 0 Å². The van der Waals surface area contributed by atoms with Gasteiger partial charge in [0.25, 0.3) is 6.43 Å². The maximum atomic E-state index is 13.7. The highest BCUT2D eigenvalue weighted by Crippen LogP contribution is 2.38. The van der Waals surface area contributed by atoms with E-state index in [0.29, 0.717) is 0 Å².